The maximum Gasteiger partial charge on any atom is 0.222 e. The molecule has 0 radical (unpaired) electrons. The summed E-state index contributed by atoms with van der Waals surface area (Å²) in [5.74, 6) is 3.37. The minimum Gasteiger partial charge on any atom is -0.381 e. The first-order chi connectivity index (χ1) is 11.7. The molecule has 132 valence electrons. The average Bonchev–Trinajstić information content (AvgIpc) is 3.19. The second kappa shape index (κ2) is 8.09. The lowest BCUT2D eigenvalue weighted by molar-refractivity contribution is -0.134. The lowest BCUT2D eigenvalue weighted by Gasteiger charge is -2.32. The number of nitrogens with zero attached hydrogens (tertiary/aromatic N) is 3. The highest BCUT2D eigenvalue weighted by Gasteiger charge is 2.39. The highest BCUT2D eigenvalue weighted by Crippen LogP contribution is 2.37. The number of hydrogen-bond donors (Lipinski definition) is 0. The lowest BCUT2D eigenvalue weighted by atomic mass is 10.0. The normalized spacial score (nSPS) is 25.6. The predicted molar refractivity (Wildman–Crippen MR) is 89.4 cm³/mol. The van der Waals surface area contributed by atoms with Crippen LogP contribution in [0.2, 0.25) is 0 Å². The molecule has 6 heteroatoms. The van der Waals surface area contributed by atoms with Crippen LogP contribution >= 0.6 is 0 Å². The second-order valence-corrected chi connectivity index (χ2v) is 7.03. The van der Waals surface area contributed by atoms with Crippen LogP contribution in [0.15, 0.2) is 10.2 Å². The number of ether oxygens (including phenoxy) is 2. The van der Waals surface area contributed by atoms with Crippen LogP contribution in [0.4, 0.5) is 0 Å². The van der Waals surface area contributed by atoms with E-state index < -0.39 is 0 Å². The van der Waals surface area contributed by atoms with Crippen molar-refractivity contribution in [1.29, 1.82) is 0 Å². The van der Waals surface area contributed by atoms with Gasteiger partial charge < -0.3 is 14.4 Å². The summed E-state index contributed by atoms with van der Waals surface area (Å²) in [6, 6.07) is 0. The smallest absolute Gasteiger partial charge is 0.222 e. The number of rotatable bonds is 8. The number of carbonyl (C=O) groups is 1. The number of piperidine rings is 1. The van der Waals surface area contributed by atoms with E-state index in [1.54, 1.807) is 0 Å². The SMILES string of the molecule is C#CCCC1(CCC(=O)N2CCC(OCC3CCOC3)CC2)N=N1. The third-order valence-electron chi connectivity index (χ3n) is 5.18. The van der Waals surface area contributed by atoms with Crippen molar-refractivity contribution >= 4 is 5.91 Å². The monoisotopic (exact) mass is 333 g/mol. The Hall–Kier alpha value is -1.45. The van der Waals surface area contributed by atoms with Crippen LogP contribution in [0.3, 0.4) is 0 Å². The molecule has 3 aliphatic rings. The fraction of sp³-hybridized carbons (Fsp3) is 0.833. The van der Waals surface area contributed by atoms with E-state index in [2.05, 4.69) is 16.1 Å². The molecule has 0 aromatic carbocycles. The minimum atomic E-state index is -0.354. The van der Waals surface area contributed by atoms with Gasteiger partial charge in [-0.3, -0.25) is 4.79 Å². The molecule has 2 saturated heterocycles. The van der Waals surface area contributed by atoms with Crippen molar-refractivity contribution in [2.75, 3.05) is 32.9 Å². The summed E-state index contributed by atoms with van der Waals surface area (Å²) in [6.07, 6.45) is 11.1. The Morgan fingerprint density at radius 1 is 1.29 bits per heavy atom. The summed E-state index contributed by atoms with van der Waals surface area (Å²) in [5.41, 5.74) is -0.354. The Morgan fingerprint density at radius 3 is 2.71 bits per heavy atom. The van der Waals surface area contributed by atoms with E-state index in [1.165, 1.54) is 0 Å². The molecule has 1 atom stereocenters. The molecular formula is C18H27N3O3. The van der Waals surface area contributed by atoms with E-state index in [0.29, 0.717) is 25.2 Å². The van der Waals surface area contributed by atoms with E-state index in [1.807, 2.05) is 4.90 Å². The van der Waals surface area contributed by atoms with Gasteiger partial charge in [0.05, 0.1) is 19.3 Å². The van der Waals surface area contributed by atoms with Crippen molar-refractivity contribution < 1.29 is 14.3 Å². The third kappa shape index (κ3) is 4.78. The van der Waals surface area contributed by atoms with Gasteiger partial charge in [0.25, 0.3) is 0 Å². The molecule has 3 heterocycles. The Labute approximate surface area is 144 Å². The molecule has 3 rings (SSSR count). The number of likely N-dealkylation sites (tertiary alicyclic amines) is 1. The molecule has 2 fully saturated rings. The molecule has 1 amide bonds. The first-order valence-electron chi connectivity index (χ1n) is 9.05. The van der Waals surface area contributed by atoms with Crippen LogP contribution in [0, 0.1) is 18.3 Å². The summed E-state index contributed by atoms with van der Waals surface area (Å²) in [7, 11) is 0. The maximum atomic E-state index is 12.4. The van der Waals surface area contributed by atoms with Gasteiger partial charge in [-0.1, -0.05) is 0 Å². The van der Waals surface area contributed by atoms with E-state index in [9.17, 15) is 4.79 Å². The lowest BCUT2D eigenvalue weighted by Crippen LogP contribution is -2.41. The summed E-state index contributed by atoms with van der Waals surface area (Å²) in [6.45, 7) is 4.06. The average molecular weight is 333 g/mol. The van der Waals surface area contributed by atoms with Gasteiger partial charge in [0, 0.05) is 51.3 Å². The Morgan fingerprint density at radius 2 is 2.08 bits per heavy atom. The third-order valence-corrected chi connectivity index (χ3v) is 5.18. The van der Waals surface area contributed by atoms with Crippen molar-refractivity contribution in [3.63, 3.8) is 0 Å². The molecule has 0 bridgehead atoms. The van der Waals surface area contributed by atoms with Crippen LogP contribution in [0.25, 0.3) is 0 Å². The van der Waals surface area contributed by atoms with Crippen LogP contribution in [0.5, 0.6) is 0 Å². The standard InChI is InChI=1S/C18H27N3O3/c1-2-3-8-18(19-20-18)9-4-17(22)21-10-5-16(6-11-21)24-14-15-7-12-23-13-15/h1,15-16H,3-14H2. The Kier molecular flexibility index (Phi) is 5.85. The van der Waals surface area contributed by atoms with E-state index in [-0.39, 0.29) is 17.7 Å². The van der Waals surface area contributed by atoms with Gasteiger partial charge >= 0.3 is 0 Å². The molecule has 0 saturated carbocycles. The van der Waals surface area contributed by atoms with Crippen molar-refractivity contribution in [3.8, 4) is 12.3 Å². The molecular weight excluding hydrogens is 306 g/mol. The van der Waals surface area contributed by atoms with Gasteiger partial charge in [-0.15, -0.1) is 12.3 Å². The topological polar surface area (TPSA) is 63.5 Å². The van der Waals surface area contributed by atoms with E-state index in [0.717, 1.165) is 58.6 Å². The summed E-state index contributed by atoms with van der Waals surface area (Å²) < 4.78 is 11.4. The van der Waals surface area contributed by atoms with Crippen molar-refractivity contribution in [2.45, 2.75) is 56.7 Å². The second-order valence-electron chi connectivity index (χ2n) is 7.03. The van der Waals surface area contributed by atoms with Crippen LogP contribution in [0.1, 0.15) is 44.9 Å². The van der Waals surface area contributed by atoms with Gasteiger partial charge in [-0.25, -0.2) is 0 Å². The summed E-state index contributed by atoms with van der Waals surface area (Å²) >= 11 is 0. The Bertz CT molecular complexity index is 494. The molecule has 1 unspecified atom stereocenters. The van der Waals surface area contributed by atoms with Crippen molar-refractivity contribution in [2.24, 2.45) is 16.1 Å². The number of hydrogen-bond acceptors (Lipinski definition) is 5. The fourth-order valence-corrected chi connectivity index (χ4v) is 3.39. The minimum absolute atomic E-state index is 0.204. The molecule has 6 nitrogen and oxygen atoms in total. The maximum absolute atomic E-state index is 12.4. The van der Waals surface area contributed by atoms with E-state index in [4.69, 9.17) is 15.9 Å². The molecule has 0 aromatic heterocycles. The van der Waals surface area contributed by atoms with Gasteiger partial charge in [0.1, 0.15) is 0 Å². The molecule has 0 spiro atoms. The van der Waals surface area contributed by atoms with Gasteiger partial charge in [-0.05, 0) is 19.3 Å². The first kappa shape index (κ1) is 17.4. The fourth-order valence-electron chi connectivity index (χ4n) is 3.39. The quantitative estimate of drug-likeness (QED) is 0.641. The van der Waals surface area contributed by atoms with E-state index >= 15 is 0 Å². The number of amides is 1. The largest absolute Gasteiger partial charge is 0.381 e. The molecule has 0 N–H and O–H groups in total. The van der Waals surface area contributed by atoms with Crippen LogP contribution in [-0.2, 0) is 14.3 Å². The van der Waals surface area contributed by atoms with Crippen molar-refractivity contribution in [1.82, 2.24) is 4.90 Å². The predicted octanol–water partition coefficient (Wildman–Crippen LogP) is 2.39. The molecule has 0 aromatic rings. The first-order valence-corrected chi connectivity index (χ1v) is 9.05. The zero-order chi connectivity index (χ0) is 16.8. The Balaban J connectivity index is 1.31. The zero-order valence-electron chi connectivity index (χ0n) is 14.3. The summed E-state index contributed by atoms with van der Waals surface area (Å²) in [5, 5.41) is 8.18. The highest BCUT2D eigenvalue weighted by molar-refractivity contribution is 5.76. The summed E-state index contributed by atoms with van der Waals surface area (Å²) in [4.78, 5) is 14.3. The molecule has 3 aliphatic heterocycles. The van der Waals surface area contributed by atoms with Gasteiger partial charge in [-0.2, -0.15) is 10.2 Å². The number of carbonyl (C=O) groups excluding carboxylic acids is 1. The van der Waals surface area contributed by atoms with Crippen LogP contribution < -0.4 is 0 Å². The zero-order valence-corrected chi connectivity index (χ0v) is 14.3. The highest BCUT2D eigenvalue weighted by atomic mass is 16.5. The molecule has 24 heavy (non-hydrogen) atoms. The van der Waals surface area contributed by atoms with Gasteiger partial charge in [0.15, 0.2) is 5.66 Å². The van der Waals surface area contributed by atoms with Crippen LogP contribution in [-0.4, -0.2) is 55.5 Å². The van der Waals surface area contributed by atoms with Gasteiger partial charge in [0.2, 0.25) is 5.91 Å². The van der Waals surface area contributed by atoms with Crippen molar-refractivity contribution in [3.05, 3.63) is 0 Å². The molecule has 0 aliphatic carbocycles. The number of terminal acetylenes is 1.